The third kappa shape index (κ3) is 5.88. The average molecular weight is 252 g/mol. The van der Waals surface area contributed by atoms with Crippen LogP contribution in [-0.4, -0.2) is 18.3 Å². The Morgan fingerprint density at radius 3 is 3.00 bits per heavy atom. The van der Waals surface area contributed by atoms with Crippen molar-refractivity contribution >= 4 is 11.3 Å². The first-order valence-electron chi connectivity index (χ1n) is 6.02. The predicted molar refractivity (Wildman–Crippen MR) is 72.0 cm³/mol. The van der Waals surface area contributed by atoms with E-state index in [9.17, 15) is 0 Å². The standard InChI is InChI=1S/C14H20O2S/c1-3-5-12(2)10-16-11-14-8-7-13(17-14)6-4-9-15/h7-8,12,15H,3,5,9-11H2,1-2H3. The van der Waals surface area contributed by atoms with Crippen molar-refractivity contribution < 1.29 is 9.84 Å². The monoisotopic (exact) mass is 252 g/mol. The Hall–Kier alpha value is -0.820. The maximum Gasteiger partial charge on any atom is 0.104 e. The molecule has 94 valence electrons. The number of hydrogen-bond donors (Lipinski definition) is 1. The van der Waals surface area contributed by atoms with Crippen molar-refractivity contribution in [3.8, 4) is 11.8 Å². The third-order valence-corrected chi connectivity index (χ3v) is 3.35. The zero-order valence-corrected chi connectivity index (χ0v) is 11.3. The molecule has 0 aromatic carbocycles. The lowest BCUT2D eigenvalue weighted by Crippen LogP contribution is -2.04. The van der Waals surface area contributed by atoms with Crippen LogP contribution in [0.4, 0.5) is 0 Å². The van der Waals surface area contributed by atoms with Gasteiger partial charge in [-0.05, 0) is 24.5 Å². The highest BCUT2D eigenvalue weighted by Crippen LogP contribution is 2.17. The van der Waals surface area contributed by atoms with E-state index in [-0.39, 0.29) is 6.61 Å². The molecule has 3 heteroatoms. The highest BCUT2D eigenvalue weighted by molar-refractivity contribution is 7.12. The molecule has 1 rings (SSSR count). The smallest absolute Gasteiger partial charge is 0.104 e. The van der Waals surface area contributed by atoms with Crippen LogP contribution in [0.15, 0.2) is 12.1 Å². The summed E-state index contributed by atoms with van der Waals surface area (Å²) >= 11 is 1.63. The molecule has 0 saturated carbocycles. The van der Waals surface area contributed by atoms with Gasteiger partial charge in [0.1, 0.15) is 6.61 Å². The maximum atomic E-state index is 8.59. The fraction of sp³-hybridized carbons (Fsp3) is 0.571. The van der Waals surface area contributed by atoms with E-state index in [1.165, 1.54) is 17.7 Å². The Labute approximate surface area is 108 Å². The largest absolute Gasteiger partial charge is 0.384 e. The molecular weight excluding hydrogens is 232 g/mol. The predicted octanol–water partition coefficient (Wildman–Crippen LogP) is 3.04. The molecule has 0 fully saturated rings. The molecule has 1 unspecified atom stereocenters. The summed E-state index contributed by atoms with van der Waals surface area (Å²) in [7, 11) is 0. The Kier molecular flexibility index (Phi) is 6.95. The average Bonchev–Trinajstić information content (AvgIpc) is 2.75. The zero-order chi connectivity index (χ0) is 12.5. The third-order valence-electron chi connectivity index (χ3n) is 2.38. The lowest BCUT2D eigenvalue weighted by Gasteiger charge is -2.09. The highest BCUT2D eigenvalue weighted by atomic mass is 32.1. The van der Waals surface area contributed by atoms with Crippen molar-refractivity contribution in [1.82, 2.24) is 0 Å². The molecule has 0 aliphatic carbocycles. The summed E-state index contributed by atoms with van der Waals surface area (Å²) in [5.41, 5.74) is 0. The fourth-order valence-electron chi connectivity index (χ4n) is 1.59. The van der Waals surface area contributed by atoms with E-state index in [2.05, 4.69) is 25.7 Å². The quantitative estimate of drug-likeness (QED) is 0.789. The minimum absolute atomic E-state index is 0.0851. The summed E-state index contributed by atoms with van der Waals surface area (Å²) in [6.07, 6.45) is 2.43. The van der Waals surface area contributed by atoms with Gasteiger partial charge in [0.15, 0.2) is 0 Å². The van der Waals surface area contributed by atoms with Crippen LogP contribution in [0.2, 0.25) is 0 Å². The van der Waals surface area contributed by atoms with E-state index >= 15 is 0 Å². The van der Waals surface area contributed by atoms with Crippen LogP contribution in [0.1, 0.15) is 36.4 Å². The van der Waals surface area contributed by atoms with E-state index in [0.717, 1.165) is 11.5 Å². The Balaban J connectivity index is 2.30. The number of ether oxygens (including phenoxy) is 1. The molecule has 1 N–H and O–H groups in total. The second-order valence-corrected chi connectivity index (χ2v) is 5.30. The molecule has 1 heterocycles. The van der Waals surface area contributed by atoms with E-state index in [4.69, 9.17) is 9.84 Å². The lowest BCUT2D eigenvalue weighted by molar-refractivity contribution is 0.0911. The topological polar surface area (TPSA) is 29.5 Å². The molecule has 0 aliphatic rings. The molecule has 0 bridgehead atoms. The zero-order valence-electron chi connectivity index (χ0n) is 10.5. The van der Waals surface area contributed by atoms with Crippen molar-refractivity contribution in [3.05, 3.63) is 21.9 Å². The van der Waals surface area contributed by atoms with E-state index in [1.807, 2.05) is 12.1 Å². The molecular formula is C14H20O2S. The first-order chi connectivity index (χ1) is 8.26. The molecule has 0 amide bonds. The van der Waals surface area contributed by atoms with Gasteiger partial charge in [-0.1, -0.05) is 32.1 Å². The van der Waals surface area contributed by atoms with E-state index in [0.29, 0.717) is 12.5 Å². The van der Waals surface area contributed by atoms with Crippen molar-refractivity contribution in [2.24, 2.45) is 5.92 Å². The second kappa shape index (κ2) is 8.30. The van der Waals surface area contributed by atoms with Gasteiger partial charge >= 0.3 is 0 Å². The minimum atomic E-state index is -0.0851. The van der Waals surface area contributed by atoms with Gasteiger partial charge in [-0.25, -0.2) is 0 Å². The van der Waals surface area contributed by atoms with Gasteiger partial charge in [-0.3, -0.25) is 0 Å². The fourth-order valence-corrected chi connectivity index (χ4v) is 2.41. The van der Waals surface area contributed by atoms with Crippen LogP contribution in [0, 0.1) is 17.8 Å². The summed E-state index contributed by atoms with van der Waals surface area (Å²) in [6.45, 7) is 5.82. The number of thiophene rings is 1. The summed E-state index contributed by atoms with van der Waals surface area (Å²) in [6, 6.07) is 4.01. The van der Waals surface area contributed by atoms with Crippen molar-refractivity contribution in [1.29, 1.82) is 0 Å². The van der Waals surface area contributed by atoms with Crippen molar-refractivity contribution in [2.75, 3.05) is 13.2 Å². The van der Waals surface area contributed by atoms with Crippen molar-refractivity contribution in [3.63, 3.8) is 0 Å². The number of rotatable bonds is 6. The number of hydrogen-bond acceptors (Lipinski definition) is 3. The summed E-state index contributed by atoms with van der Waals surface area (Å²) in [5, 5.41) is 8.59. The van der Waals surface area contributed by atoms with Crippen LogP contribution >= 0.6 is 11.3 Å². The van der Waals surface area contributed by atoms with Crippen LogP contribution in [0.25, 0.3) is 0 Å². The van der Waals surface area contributed by atoms with Crippen molar-refractivity contribution in [2.45, 2.75) is 33.3 Å². The second-order valence-electron chi connectivity index (χ2n) is 4.13. The molecule has 0 aliphatic heterocycles. The van der Waals surface area contributed by atoms with Gasteiger partial charge in [0.05, 0.1) is 11.5 Å². The Morgan fingerprint density at radius 1 is 1.47 bits per heavy atom. The molecule has 2 nitrogen and oxygen atoms in total. The van der Waals surface area contributed by atoms with Gasteiger partial charge < -0.3 is 9.84 Å². The lowest BCUT2D eigenvalue weighted by atomic mass is 10.1. The maximum absolute atomic E-state index is 8.59. The highest BCUT2D eigenvalue weighted by Gasteiger charge is 2.02. The van der Waals surface area contributed by atoms with Gasteiger partial charge in [0.2, 0.25) is 0 Å². The normalized spacial score (nSPS) is 11.9. The number of aliphatic hydroxyl groups excluding tert-OH is 1. The van der Waals surface area contributed by atoms with Gasteiger partial charge in [-0.2, -0.15) is 0 Å². The molecule has 17 heavy (non-hydrogen) atoms. The van der Waals surface area contributed by atoms with Gasteiger partial charge in [0.25, 0.3) is 0 Å². The SMILES string of the molecule is CCCC(C)COCc1ccc(C#CCO)s1. The minimum Gasteiger partial charge on any atom is -0.384 e. The van der Waals surface area contributed by atoms with Crippen LogP contribution in [0.3, 0.4) is 0 Å². The van der Waals surface area contributed by atoms with E-state index < -0.39 is 0 Å². The van der Waals surface area contributed by atoms with E-state index in [1.54, 1.807) is 11.3 Å². The molecule has 1 aromatic heterocycles. The first kappa shape index (κ1) is 14.2. The van der Waals surface area contributed by atoms with Crippen LogP contribution < -0.4 is 0 Å². The first-order valence-corrected chi connectivity index (χ1v) is 6.84. The molecule has 0 spiro atoms. The molecule has 1 atom stereocenters. The van der Waals surface area contributed by atoms with Crippen LogP contribution in [0.5, 0.6) is 0 Å². The molecule has 0 radical (unpaired) electrons. The Bertz CT molecular complexity index is 373. The summed E-state index contributed by atoms with van der Waals surface area (Å²) in [5.74, 6) is 6.17. The van der Waals surface area contributed by atoms with Gasteiger partial charge in [0, 0.05) is 11.5 Å². The molecule has 1 aromatic rings. The summed E-state index contributed by atoms with van der Waals surface area (Å²) < 4.78 is 5.66. The number of aliphatic hydroxyl groups is 1. The summed E-state index contributed by atoms with van der Waals surface area (Å²) in [4.78, 5) is 2.18. The van der Waals surface area contributed by atoms with Gasteiger partial charge in [-0.15, -0.1) is 11.3 Å². The Morgan fingerprint density at radius 2 is 2.29 bits per heavy atom. The molecule has 0 saturated heterocycles. The van der Waals surface area contributed by atoms with Crippen LogP contribution in [-0.2, 0) is 11.3 Å².